The molecule has 1 atom stereocenters. The molecule has 0 saturated carbocycles. The molecule has 0 saturated heterocycles. The number of hydrogen-bond acceptors (Lipinski definition) is 1. The molecule has 0 aromatic heterocycles. The van der Waals surface area contributed by atoms with Crippen molar-refractivity contribution in [3.05, 3.63) is 35.9 Å². The highest BCUT2D eigenvalue weighted by Crippen LogP contribution is 2.17. The largest absolute Gasteiger partial charge is 0.338 e. The van der Waals surface area contributed by atoms with Crippen LogP contribution in [0.4, 0.5) is 4.79 Å². The Balaban J connectivity index is 2.25. The minimum atomic E-state index is -0.0831. The van der Waals surface area contributed by atoms with Gasteiger partial charge < -0.3 is 10.6 Å². The van der Waals surface area contributed by atoms with Crippen molar-refractivity contribution < 1.29 is 4.79 Å². The van der Waals surface area contributed by atoms with E-state index < -0.39 is 0 Å². The number of rotatable bonds is 5. The molecule has 94 valence electrons. The molecule has 0 spiro atoms. The molecular formula is C14H22N2O. The Bertz CT molecular complexity index is 335. The van der Waals surface area contributed by atoms with Gasteiger partial charge in [-0.2, -0.15) is 0 Å². The monoisotopic (exact) mass is 234 g/mol. The number of amides is 2. The van der Waals surface area contributed by atoms with Crippen LogP contribution in [0.2, 0.25) is 0 Å². The van der Waals surface area contributed by atoms with E-state index in [4.69, 9.17) is 0 Å². The molecule has 0 aliphatic rings. The van der Waals surface area contributed by atoms with E-state index in [0.29, 0.717) is 12.5 Å². The number of carbonyl (C=O) groups is 1. The van der Waals surface area contributed by atoms with Gasteiger partial charge in [-0.25, -0.2) is 4.79 Å². The second-order valence-corrected chi connectivity index (χ2v) is 4.66. The van der Waals surface area contributed by atoms with Crippen molar-refractivity contribution in [2.24, 2.45) is 0 Å². The van der Waals surface area contributed by atoms with E-state index in [1.165, 1.54) is 5.56 Å². The van der Waals surface area contributed by atoms with Crippen LogP contribution in [0.3, 0.4) is 0 Å². The van der Waals surface area contributed by atoms with Gasteiger partial charge in [-0.15, -0.1) is 0 Å². The molecule has 0 aliphatic heterocycles. The Kier molecular flexibility index (Phi) is 5.53. The van der Waals surface area contributed by atoms with E-state index in [-0.39, 0.29) is 12.1 Å². The van der Waals surface area contributed by atoms with Gasteiger partial charge in [-0.05, 0) is 31.7 Å². The van der Waals surface area contributed by atoms with Crippen LogP contribution in [0.15, 0.2) is 30.3 Å². The van der Waals surface area contributed by atoms with E-state index in [0.717, 1.165) is 6.42 Å². The Labute approximate surface area is 104 Å². The summed E-state index contributed by atoms with van der Waals surface area (Å²) >= 11 is 0. The maximum absolute atomic E-state index is 11.3. The van der Waals surface area contributed by atoms with Crippen molar-refractivity contribution >= 4 is 6.03 Å². The van der Waals surface area contributed by atoms with Gasteiger partial charge in [0.1, 0.15) is 0 Å². The maximum atomic E-state index is 11.3. The van der Waals surface area contributed by atoms with Gasteiger partial charge in [-0.1, -0.05) is 37.3 Å². The summed E-state index contributed by atoms with van der Waals surface area (Å²) in [4.78, 5) is 11.3. The van der Waals surface area contributed by atoms with Crippen molar-refractivity contribution in [2.75, 3.05) is 6.54 Å². The summed E-state index contributed by atoms with van der Waals surface area (Å²) in [6.45, 7) is 6.78. The van der Waals surface area contributed by atoms with E-state index in [1.54, 1.807) is 0 Å². The SMILES string of the molecule is CC(C)NC(=O)NCCC(C)c1ccccc1. The molecule has 0 bridgehead atoms. The number of carbonyl (C=O) groups excluding carboxylic acids is 1. The third kappa shape index (κ3) is 5.38. The lowest BCUT2D eigenvalue weighted by atomic mass is 9.98. The molecular weight excluding hydrogens is 212 g/mol. The smallest absolute Gasteiger partial charge is 0.314 e. The number of hydrogen-bond donors (Lipinski definition) is 2. The number of nitrogens with one attached hydrogen (secondary N) is 2. The molecule has 3 nitrogen and oxygen atoms in total. The van der Waals surface area contributed by atoms with Crippen LogP contribution >= 0.6 is 0 Å². The Morgan fingerprint density at radius 1 is 1.18 bits per heavy atom. The summed E-state index contributed by atoms with van der Waals surface area (Å²) in [5.74, 6) is 0.468. The molecule has 2 amide bonds. The summed E-state index contributed by atoms with van der Waals surface area (Å²) in [6.07, 6.45) is 0.954. The second-order valence-electron chi connectivity index (χ2n) is 4.66. The van der Waals surface area contributed by atoms with E-state index in [2.05, 4.69) is 29.7 Å². The third-order valence-corrected chi connectivity index (χ3v) is 2.65. The molecule has 0 aliphatic carbocycles. The molecule has 1 aromatic rings. The van der Waals surface area contributed by atoms with Crippen LogP contribution in [0.1, 0.15) is 38.7 Å². The molecule has 2 N–H and O–H groups in total. The second kappa shape index (κ2) is 6.94. The normalized spacial score (nSPS) is 12.2. The fourth-order valence-electron chi connectivity index (χ4n) is 1.66. The molecule has 1 rings (SSSR count). The Morgan fingerprint density at radius 2 is 1.82 bits per heavy atom. The topological polar surface area (TPSA) is 41.1 Å². The lowest BCUT2D eigenvalue weighted by molar-refractivity contribution is 0.238. The number of benzene rings is 1. The lowest BCUT2D eigenvalue weighted by Gasteiger charge is -2.13. The summed E-state index contributed by atoms with van der Waals surface area (Å²) in [5, 5.41) is 5.67. The Hall–Kier alpha value is -1.51. The van der Waals surface area contributed by atoms with Crippen molar-refractivity contribution in [1.29, 1.82) is 0 Å². The van der Waals surface area contributed by atoms with Crippen LogP contribution in [0.5, 0.6) is 0 Å². The fraction of sp³-hybridized carbons (Fsp3) is 0.500. The van der Waals surface area contributed by atoms with Gasteiger partial charge in [0, 0.05) is 12.6 Å². The fourth-order valence-corrected chi connectivity index (χ4v) is 1.66. The van der Waals surface area contributed by atoms with Gasteiger partial charge in [0.15, 0.2) is 0 Å². The summed E-state index contributed by atoms with van der Waals surface area (Å²) in [7, 11) is 0. The average molecular weight is 234 g/mol. The first-order valence-electron chi connectivity index (χ1n) is 6.19. The van der Waals surface area contributed by atoms with E-state index in [1.807, 2.05) is 32.0 Å². The van der Waals surface area contributed by atoms with Crippen molar-refractivity contribution in [3.63, 3.8) is 0 Å². The molecule has 17 heavy (non-hydrogen) atoms. The quantitative estimate of drug-likeness (QED) is 0.808. The maximum Gasteiger partial charge on any atom is 0.314 e. The minimum Gasteiger partial charge on any atom is -0.338 e. The first kappa shape index (κ1) is 13.6. The lowest BCUT2D eigenvalue weighted by Crippen LogP contribution is -2.40. The predicted octanol–water partition coefficient (Wildman–Crippen LogP) is 2.89. The van der Waals surface area contributed by atoms with Crippen LogP contribution in [0.25, 0.3) is 0 Å². The zero-order valence-electron chi connectivity index (χ0n) is 10.9. The van der Waals surface area contributed by atoms with E-state index in [9.17, 15) is 4.79 Å². The predicted molar refractivity (Wildman–Crippen MR) is 71.1 cm³/mol. The molecule has 3 heteroatoms. The average Bonchev–Trinajstić information content (AvgIpc) is 2.29. The van der Waals surface area contributed by atoms with Crippen LogP contribution in [0, 0.1) is 0 Å². The molecule has 1 unspecified atom stereocenters. The zero-order chi connectivity index (χ0) is 12.7. The summed E-state index contributed by atoms with van der Waals surface area (Å²) in [5.41, 5.74) is 1.32. The minimum absolute atomic E-state index is 0.0831. The van der Waals surface area contributed by atoms with Gasteiger partial charge >= 0.3 is 6.03 Å². The van der Waals surface area contributed by atoms with Gasteiger partial charge in [0.25, 0.3) is 0 Å². The van der Waals surface area contributed by atoms with Crippen molar-refractivity contribution in [2.45, 2.75) is 39.2 Å². The standard InChI is InChI=1S/C14H22N2O/c1-11(2)16-14(17)15-10-9-12(3)13-7-5-4-6-8-13/h4-8,11-12H,9-10H2,1-3H3,(H2,15,16,17). The zero-order valence-corrected chi connectivity index (χ0v) is 10.9. The summed E-state index contributed by atoms with van der Waals surface area (Å²) in [6, 6.07) is 10.5. The number of urea groups is 1. The highest BCUT2D eigenvalue weighted by Gasteiger charge is 2.06. The van der Waals surface area contributed by atoms with Gasteiger partial charge in [-0.3, -0.25) is 0 Å². The molecule has 0 radical (unpaired) electrons. The molecule has 0 heterocycles. The third-order valence-electron chi connectivity index (χ3n) is 2.65. The van der Waals surface area contributed by atoms with Crippen LogP contribution in [-0.2, 0) is 0 Å². The van der Waals surface area contributed by atoms with E-state index >= 15 is 0 Å². The molecule has 0 fully saturated rings. The highest BCUT2D eigenvalue weighted by atomic mass is 16.2. The molecule has 1 aromatic carbocycles. The van der Waals surface area contributed by atoms with Crippen LogP contribution in [-0.4, -0.2) is 18.6 Å². The van der Waals surface area contributed by atoms with Gasteiger partial charge in [0.05, 0.1) is 0 Å². The van der Waals surface area contributed by atoms with Crippen LogP contribution < -0.4 is 10.6 Å². The van der Waals surface area contributed by atoms with Crippen molar-refractivity contribution in [3.8, 4) is 0 Å². The first-order chi connectivity index (χ1) is 8.09. The first-order valence-corrected chi connectivity index (χ1v) is 6.19. The Morgan fingerprint density at radius 3 is 2.41 bits per heavy atom. The van der Waals surface area contributed by atoms with Gasteiger partial charge in [0.2, 0.25) is 0 Å². The highest BCUT2D eigenvalue weighted by molar-refractivity contribution is 5.74. The van der Waals surface area contributed by atoms with Crippen molar-refractivity contribution in [1.82, 2.24) is 10.6 Å². The summed E-state index contributed by atoms with van der Waals surface area (Å²) < 4.78 is 0.